The fourth-order valence-electron chi connectivity index (χ4n) is 1.63. The van der Waals surface area contributed by atoms with E-state index in [0.29, 0.717) is 0 Å². The highest BCUT2D eigenvalue weighted by molar-refractivity contribution is 5.79. The molecule has 0 saturated heterocycles. The van der Waals surface area contributed by atoms with Crippen molar-refractivity contribution in [2.24, 2.45) is 0 Å². The predicted molar refractivity (Wildman–Crippen MR) is 41.1 cm³/mol. The third-order valence-corrected chi connectivity index (χ3v) is 2.15. The smallest absolute Gasteiger partial charge is 0.217 e. The van der Waals surface area contributed by atoms with E-state index in [1.807, 2.05) is 0 Å². The maximum absolute atomic E-state index is 10.7. The van der Waals surface area contributed by atoms with E-state index in [9.17, 15) is 9.59 Å². The fraction of sp³-hybridized carbons (Fsp3) is 0.750. The number of carbonyl (C=O) groups excluding carboxylic acids is 2. The molecule has 0 aromatic heterocycles. The first-order chi connectivity index (χ1) is 5.18. The summed E-state index contributed by atoms with van der Waals surface area (Å²) < 4.78 is 0. The summed E-state index contributed by atoms with van der Waals surface area (Å²) in [5, 5.41) is 2.70. The van der Waals surface area contributed by atoms with Gasteiger partial charge in [-0.05, 0) is 12.8 Å². The summed E-state index contributed by atoms with van der Waals surface area (Å²) in [7, 11) is 0. The fourth-order valence-corrected chi connectivity index (χ4v) is 1.63. The van der Waals surface area contributed by atoms with Crippen LogP contribution in [-0.4, -0.2) is 17.7 Å². The molecule has 0 aromatic carbocycles. The van der Waals surface area contributed by atoms with Crippen molar-refractivity contribution in [1.29, 1.82) is 0 Å². The van der Waals surface area contributed by atoms with Crippen LogP contribution >= 0.6 is 0 Å². The molecule has 11 heavy (non-hydrogen) atoms. The van der Waals surface area contributed by atoms with E-state index in [4.69, 9.17) is 0 Å². The molecule has 1 N–H and O–H groups in total. The van der Waals surface area contributed by atoms with Crippen molar-refractivity contribution in [2.75, 3.05) is 0 Å². The maximum Gasteiger partial charge on any atom is 0.217 e. The number of rotatable bonds is 2. The van der Waals surface area contributed by atoms with Crippen LogP contribution in [0.3, 0.4) is 0 Å². The van der Waals surface area contributed by atoms with E-state index >= 15 is 0 Å². The van der Waals surface area contributed by atoms with Gasteiger partial charge in [-0.15, -0.1) is 0 Å². The number of carbonyl (C=O) groups is 2. The van der Waals surface area contributed by atoms with Crippen molar-refractivity contribution in [3.05, 3.63) is 0 Å². The van der Waals surface area contributed by atoms with Crippen molar-refractivity contribution < 1.29 is 9.59 Å². The molecule has 0 atom stereocenters. The highest BCUT2D eigenvalue weighted by Crippen LogP contribution is 2.27. The first-order valence-electron chi connectivity index (χ1n) is 3.94. The first-order valence-corrected chi connectivity index (χ1v) is 3.94. The average Bonchev–Trinajstić information content (AvgIpc) is 2.36. The van der Waals surface area contributed by atoms with Gasteiger partial charge < -0.3 is 10.1 Å². The second-order valence-corrected chi connectivity index (χ2v) is 3.16. The zero-order valence-electron chi connectivity index (χ0n) is 6.72. The zero-order chi connectivity index (χ0) is 8.32. The molecule has 1 rings (SSSR count). The highest BCUT2D eigenvalue weighted by Gasteiger charge is 2.33. The Balaban J connectivity index is 2.59. The number of amides is 1. The van der Waals surface area contributed by atoms with Gasteiger partial charge in [0.2, 0.25) is 5.91 Å². The summed E-state index contributed by atoms with van der Waals surface area (Å²) in [5.74, 6) is -0.112. The first kappa shape index (κ1) is 8.24. The van der Waals surface area contributed by atoms with E-state index in [2.05, 4.69) is 5.32 Å². The predicted octanol–water partition coefficient (Wildman–Crippen LogP) is 0.634. The van der Waals surface area contributed by atoms with Crippen LogP contribution in [0.1, 0.15) is 32.6 Å². The lowest BCUT2D eigenvalue weighted by molar-refractivity contribution is -0.125. The molecule has 1 saturated carbocycles. The van der Waals surface area contributed by atoms with Gasteiger partial charge in [0, 0.05) is 6.92 Å². The molecule has 1 aliphatic rings. The van der Waals surface area contributed by atoms with Crippen LogP contribution in [0, 0.1) is 0 Å². The quantitative estimate of drug-likeness (QED) is 0.594. The Bertz CT molecular complexity index is 171. The van der Waals surface area contributed by atoms with Gasteiger partial charge in [-0.2, -0.15) is 0 Å². The molecule has 1 aliphatic carbocycles. The summed E-state index contributed by atoms with van der Waals surface area (Å²) in [4.78, 5) is 21.3. The third-order valence-electron chi connectivity index (χ3n) is 2.15. The average molecular weight is 155 g/mol. The van der Waals surface area contributed by atoms with Gasteiger partial charge in [0.25, 0.3) is 0 Å². The molecule has 3 nitrogen and oxygen atoms in total. The summed E-state index contributed by atoms with van der Waals surface area (Å²) >= 11 is 0. The molecule has 0 spiro atoms. The minimum Gasteiger partial charge on any atom is -0.344 e. The minimum absolute atomic E-state index is 0.112. The Labute approximate surface area is 66.2 Å². The largest absolute Gasteiger partial charge is 0.344 e. The maximum atomic E-state index is 10.7. The zero-order valence-corrected chi connectivity index (χ0v) is 6.72. The summed E-state index contributed by atoms with van der Waals surface area (Å²) in [5.41, 5.74) is -0.522. The van der Waals surface area contributed by atoms with Crippen LogP contribution in [0.25, 0.3) is 0 Å². The van der Waals surface area contributed by atoms with Gasteiger partial charge in [-0.25, -0.2) is 0 Å². The Kier molecular flexibility index (Phi) is 2.27. The van der Waals surface area contributed by atoms with Gasteiger partial charge in [0.1, 0.15) is 6.29 Å². The van der Waals surface area contributed by atoms with Crippen molar-refractivity contribution in [1.82, 2.24) is 5.32 Å². The van der Waals surface area contributed by atoms with Crippen molar-refractivity contribution in [2.45, 2.75) is 38.1 Å². The van der Waals surface area contributed by atoms with Crippen LogP contribution < -0.4 is 5.32 Å². The molecule has 0 aliphatic heterocycles. The molecular weight excluding hydrogens is 142 g/mol. The van der Waals surface area contributed by atoms with E-state index in [1.165, 1.54) is 6.92 Å². The topological polar surface area (TPSA) is 46.2 Å². The van der Waals surface area contributed by atoms with Crippen molar-refractivity contribution in [3.8, 4) is 0 Å². The Hall–Kier alpha value is -0.860. The Morgan fingerprint density at radius 3 is 2.36 bits per heavy atom. The second-order valence-electron chi connectivity index (χ2n) is 3.16. The number of hydrogen-bond acceptors (Lipinski definition) is 2. The molecule has 3 heteroatoms. The van der Waals surface area contributed by atoms with Gasteiger partial charge in [0.15, 0.2) is 0 Å². The SMILES string of the molecule is CC(=O)NC1(C=O)CCCC1. The van der Waals surface area contributed by atoms with E-state index in [1.54, 1.807) is 0 Å². The molecule has 0 radical (unpaired) electrons. The minimum atomic E-state index is -0.522. The molecular formula is C8H13NO2. The lowest BCUT2D eigenvalue weighted by Gasteiger charge is -2.22. The van der Waals surface area contributed by atoms with Crippen LogP contribution in [0.2, 0.25) is 0 Å². The molecule has 1 amide bonds. The summed E-state index contributed by atoms with van der Waals surface area (Å²) in [6.07, 6.45) is 4.56. The highest BCUT2D eigenvalue weighted by atomic mass is 16.2. The van der Waals surface area contributed by atoms with Crippen molar-refractivity contribution in [3.63, 3.8) is 0 Å². The lowest BCUT2D eigenvalue weighted by Crippen LogP contribution is -2.46. The van der Waals surface area contributed by atoms with Crippen LogP contribution in [0.15, 0.2) is 0 Å². The Morgan fingerprint density at radius 1 is 1.45 bits per heavy atom. The number of aldehydes is 1. The Morgan fingerprint density at radius 2 is 2.00 bits per heavy atom. The van der Waals surface area contributed by atoms with Gasteiger partial charge in [0.05, 0.1) is 5.54 Å². The molecule has 0 aromatic rings. The van der Waals surface area contributed by atoms with Gasteiger partial charge in [-0.3, -0.25) is 4.79 Å². The third kappa shape index (κ3) is 1.79. The lowest BCUT2D eigenvalue weighted by atomic mass is 10.0. The van der Waals surface area contributed by atoms with E-state index in [0.717, 1.165) is 32.0 Å². The summed E-state index contributed by atoms with van der Waals surface area (Å²) in [6, 6.07) is 0. The molecule has 0 heterocycles. The van der Waals surface area contributed by atoms with E-state index in [-0.39, 0.29) is 5.91 Å². The summed E-state index contributed by atoms with van der Waals surface area (Å²) in [6.45, 7) is 1.45. The van der Waals surface area contributed by atoms with Crippen molar-refractivity contribution >= 4 is 12.2 Å². The molecule has 0 bridgehead atoms. The molecule has 1 fully saturated rings. The standard InChI is InChI=1S/C8H13NO2/c1-7(11)9-8(6-10)4-2-3-5-8/h6H,2-5H2,1H3,(H,9,11). The van der Waals surface area contributed by atoms with E-state index < -0.39 is 5.54 Å². The second kappa shape index (κ2) is 3.03. The van der Waals surface area contributed by atoms with Crippen LogP contribution in [-0.2, 0) is 9.59 Å². The van der Waals surface area contributed by atoms with Crippen LogP contribution in [0.4, 0.5) is 0 Å². The normalized spacial score (nSPS) is 21.2. The van der Waals surface area contributed by atoms with Gasteiger partial charge >= 0.3 is 0 Å². The number of nitrogens with one attached hydrogen (secondary N) is 1. The van der Waals surface area contributed by atoms with Gasteiger partial charge in [-0.1, -0.05) is 12.8 Å². The molecule has 62 valence electrons. The van der Waals surface area contributed by atoms with Crippen LogP contribution in [0.5, 0.6) is 0 Å². The molecule has 0 unspecified atom stereocenters. The number of hydrogen-bond donors (Lipinski definition) is 1. The monoisotopic (exact) mass is 155 g/mol.